The molecule has 2 rings (SSSR count). The molecule has 0 heterocycles. The van der Waals surface area contributed by atoms with E-state index in [-0.39, 0.29) is 0 Å². The minimum Gasteiger partial charge on any atom is -0.397 e. The minimum absolute atomic E-state index is 0.727. The number of aryl methyl sites for hydroxylation is 2. The van der Waals surface area contributed by atoms with Gasteiger partial charge in [0.1, 0.15) is 0 Å². The van der Waals surface area contributed by atoms with Crippen LogP contribution < -0.4 is 5.73 Å². The molecular formula is C14H12Br4ClN. The number of benzene rings is 2. The van der Waals surface area contributed by atoms with Gasteiger partial charge in [-0.3, -0.25) is 0 Å². The highest BCUT2D eigenvalue weighted by molar-refractivity contribution is 9.11. The van der Waals surface area contributed by atoms with E-state index in [1.165, 1.54) is 11.1 Å². The summed E-state index contributed by atoms with van der Waals surface area (Å²) in [5.74, 6) is 0. The van der Waals surface area contributed by atoms with Crippen LogP contribution in [0.5, 0.6) is 0 Å². The van der Waals surface area contributed by atoms with Crippen LogP contribution in [0.25, 0.3) is 0 Å². The fourth-order valence-electron chi connectivity index (χ4n) is 1.39. The zero-order valence-electron chi connectivity index (χ0n) is 10.8. The largest absolute Gasteiger partial charge is 0.397 e. The summed E-state index contributed by atoms with van der Waals surface area (Å²) in [6.45, 7) is 4.04. The Morgan fingerprint density at radius 3 is 1.40 bits per heavy atom. The maximum Gasteiger partial charge on any atom is 0.0690 e. The maximum absolute atomic E-state index is 5.86. The van der Waals surface area contributed by atoms with E-state index in [1.54, 1.807) is 0 Å². The van der Waals surface area contributed by atoms with E-state index in [1.807, 2.05) is 38.1 Å². The molecule has 0 spiro atoms. The van der Waals surface area contributed by atoms with E-state index in [0.717, 1.165) is 28.6 Å². The van der Waals surface area contributed by atoms with Crippen molar-refractivity contribution in [3.63, 3.8) is 0 Å². The van der Waals surface area contributed by atoms with Gasteiger partial charge in [-0.2, -0.15) is 0 Å². The SMILES string of the molecule is Cc1cc(Br)c(Cl)c(Br)c1.Cc1cc(Br)c(N)c(Br)c1. The second-order valence-corrected chi connectivity index (χ2v) is 7.98. The molecule has 0 amide bonds. The third-order valence-corrected chi connectivity index (χ3v) is 5.78. The highest BCUT2D eigenvalue weighted by Gasteiger charge is 2.01. The fourth-order valence-corrected chi connectivity index (χ4v) is 4.33. The van der Waals surface area contributed by atoms with E-state index in [9.17, 15) is 0 Å². The highest BCUT2D eigenvalue weighted by atomic mass is 79.9. The second kappa shape index (κ2) is 8.18. The molecule has 20 heavy (non-hydrogen) atoms. The number of anilines is 1. The van der Waals surface area contributed by atoms with Crippen molar-refractivity contribution in [1.82, 2.24) is 0 Å². The third kappa shape index (κ3) is 5.34. The number of hydrogen-bond donors (Lipinski definition) is 1. The van der Waals surface area contributed by atoms with Gasteiger partial charge in [-0.15, -0.1) is 0 Å². The Morgan fingerprint density at radius 1 is 0.750 bits per heavy atom. The topological polar surface area (TPSA) is 26.0 Å². The predicted molar refractivity (Wildman–Crippen MR) is 103 cm³/mol. The molecule has 0 saturated heterocycles. The lowest BCUT2D eigenvalue weighted by Crippen LogP contribution is -1.88. The first-order valence-corrected chi connectivity index (χ1v) is 9.09. The van der Waals surface area contributed by atoms with Crippen LogP contribution in [0.2, 0.25) is 5.02 Å². The maximum atomic E-state index is 5.86. The van der Waals surface area contributed by atoms with Crippen molar-refractivity contribution in [2.75, 3.05) is 5.73 Å². The molecule has 0 fully saturated rings. The molecule has 0 aliphatic carbocycles. The first-order chi connectivity index (χ1) is 9.22. The lowest BCUT2D eigenvalue weighted by molar-refractivity contribution is 1.43. The van der Waals surface area contributed by atoms with E-state index < -0.39 is 0 Å². The minimum atomic E-state index is 0.727. The van der Waals surface area contributed by atoms with Crippen molar-refractivity contribution < 1.29 is 0 Å². The predicted octanol–water partition coefficient (Wildman–Crippen LogP) is 7.28. The molecule has 0 radical (unpaired) electrons. The van der Waals surface area contributed by atoms with E-state index in [0.29, 0.717) is 0 Å². The summed E-state index contributed by atoms with van der Waals surface area (Å²) in [7, 11) is 0. The molecule has 6 heteroatoms. The van der Waals surface area contributed by atoms with Gasteiger partial charge in [0, 0.05) is 17.9 Å². The molecule has 0 atom stereocenters. The fraction of sp³-hybridized carbons (Fsp3) is 0.143. The van der Waals surface area contributed by atoms with Crippen molar-refractivity contribution in [3.05, 3.63) is 58.3 Å². The molecular weight excluding hydrogens is 537 g/mol. The summed E-state index contributed by atoms with van der Waals surface area (Å²) >= 11 is 19.2. The molecule has 108 valence electrons. The quantitative estimate of drug-likeness (QED) is 0.272. The molecule has 2 aromatic rings. The zero-order valence-corrected chi connectivity index (χ0v) is 17.9. The molecule has 2 N–H and O–H groups in total. The number of nitrogens with two attached hydrogens (primary N) is 1. The summed E-state index contributed by atoms with van der Waals surface area (Å²) in [5.41, 5.74) is 8.78. The normalized spacial score (nSPS) is 9.95. The summed E-state index contributed by atoms with van der Waals surface area (Å²) in [6.07, 6.45) is 0. The van der Waals surface area contributed by atoms with Crippen LogP contribution in [0.4, 0.5) is 5.69 Å². The van der Waals surface area contributed by atoms with Gasteiger partial charge in [-0.25, -0.2) is 0 Å². The molecule has 0 aromatic heterocycles. The first kappa shape index (κ1) is 18.5. The van der Waals surface area contributed by atoms with Gasteiger partial charge >= 0.3 is 0 Å². The van der Waals surface area contributed by atoms with Crippen molar-refractivity contribution in [1.29, 1.82) is 0 Å². The van der Waals surface area contributed by atoms with Crippen LogP contribution >= 0.6 is 75.3 Å². The number of halogens is 5. The van der Waals surface area contributed by atoms with E-state index >= 15 is 0 Å². The second-order valence-electron chi connectivity index (χ2n) is 4.18. The summed E-state index contributed by atoms with van der Waals surface area (Å²) in [5, 5.41) is 0.727. The molecule has 0 saturated carbocycles. The van der Waals surface area contributed by atoms with Crippen molar-refractivity contribution >= 4 is 81.0 Å². The van der Waals surface area contributed by atoms with Crippen LogP contribution in [0.3, 0.4) is 0 Å². The summed E-state index contributed by atoms with van der Waals surface area (Å²) < 4.78 is 3.75. The molecule has 0 bridgehead atoms. The Labute approximate surface area is 157 Å². The van der Waals surface area contributed by atoms with Crippen molar-refractivity contribution in [2.45, 2.75) is 13.8 Å². The number of rotatable bonds is 0. The first-order valence-electron chi connectivity index (χ1n) is 5.54. The Bertz CT molecular complexity index is 527. The van der Waals surface area contributed by atoms with Crippen LogP contribution in [0.15, 0.2) is 42.2 Å². The van der Waals surface area contributed by atoms with Gasteiger partial charge in [0.05, 0.1) is 10.7 Å². The van der Waals surface area contributed by atoms with Gasteiger partial charge in [0.25, 0.3) is 0 Å². The summed E-state index contributed by atoms with van der Waals surface area (Å²) in [4.78, 5) is 0. The molecule has 0 unspecified atom stereocenters. The monoisotopic (exact) mass is 545 g/mol. The number of nitrogen functional groups attached to an aromatic ring is 1. The molecule has 0 aliphatic rings. The van der Waals surface area contributed by atoms with Crippen molar-refractivity contribution in [2.24, 2.45) is 0 Å². The number of hydrogen-bond acceptors (Lipinski definition) is 1. The average Bonchev–Trinajstić information content (AvgIpc) is 2.33. The lowest BCUT2D eigenvalue weighted by Gasteiger charge is -2.01. The Kier molecular flexibility index (Phi) is 7.57. The molecule has 1 nitrogen and oxygen atoms in total. The Hall–Kier alpha value is 0.450. The van der Waals surface area contributed by atoms with Crippen LogP contribution in [0.1, 0.15) is 11.1 Å². The lowest BCUT2D eigenvalue weighted by atomic mass is 10.2. The summed E-state index contributed by atoms with van der Waals surface area (Å²) in [6, 6.07) is 7.93. The smallest absolute Gasteiger partial charge is 0.0690 e. The molecule has 0 aliphatic heterocycles. The highest BCUT2D eigenvalue weighted by Crippen LogP contribution is 2.31. The van der Waals surface area contributed by atoms with Crippen LogP contribution in [0, 0.1) is 13.8 Å². The van der Waals surface area contributed by atoms with Gasteiger partial charge in [0.15, 0.2) is 0 Å². The third-order valence-electron chi connectivity index (χ3n) is 2.35. The molecule has 2 aromatic carbocycles. The standard InChI is InChI=1S/C7H5Br2Cl.C7H7Br2N/c2*1-4-2-5(8)7(10)6(9)3-4/h2-3H,1H3;2-3H,10H2,1H3. The zero-order chi connectivity index (χ0) is 15.4. The average molecular weight is 549 g/mol. The van der Waals surface area contributed by atoms with Crippen LogP contribution in [-0.2, 0) is 0 Å². The van der Waals surface area contributed by atoms with Crippen LogP contribution in [-0.4, -0.2) is 0 Å². The van der Waals surface area contributed by atoms with Gasteiger partial charge < -0.3 is 5.73 Å². The Morgan fingerprint density at radius 2 is 1.05 bits per heavy atom. The van der Waals surface area contributed by atoms with Crippen molar-refractivity contribution in [3.8, 4) is 0 Å². The Balaban J connectivity index is 0.000000200. The van der Waals surface area contributed by atoms with E-state index in [2.05, 4.69) is 63.7 Å². The van der Waals surface area contributed by atoms with Gasteiger partial charge in [0.2, 0.25) is 0 Å². The van der Waals surface area contributed by atoms with Gasteiger partial charge in [-0.1, -0.05) is 11.6 Å². The van der Waals surface area contributed by atoms with Gasteiger partial charge in [-0.05, 0) is 113 Å². The van der Waals surface area contributed by atoms with E-state index in [4.69, 9.17) is 17.3 Å².